The molecule has 0 amide bonds. The summed E-state index contributed by atoms with van der Waals surface area (Å²) in [6.07, 6.45) is 0. The molecule has 0 aliphatic rings. The van der Waals surface area contributed by atoms with Crippen LogP contribution >= 0.6 is 12.2 Å². The minimum absolute atomic E-state index is 0.397. The Balaban J connectivity index is 2.13. The van der Waals surface area contributed by atoms with Crippen LogP contribution in [0.25, 0.3) is 22.4 Å². The van der Waals surface area contributed by atoms with Gasteiger partial charge in [0.1, 0.15) is 10.8 Å². The van der Waals surface area contributed by atoms with Crippen LogP contribution in [0.1, 0.15) is 11.1 Å². The third kappa shape index (κ3) is 2.22. The number of aromatic nitrogens is 2. The highest BCUT2D eigenvalue weighted by atomic mass is 32.1. The highest BCUT2D eigenvalue weighted by molar-refractivity contribution is 7.80. The Kier molecular flexibility index (Phi) is 2.80. The highest BCUT2D eigenvalue weighted by Crippen LogP contribution is 2.22. The van der Waals surface area contributed by atoms with Gasteiger partial charge in [-0.3, -0.25) is 0 Å². The summed E-state index contributed by atoms with van der Waals surface area (Å²) >= 11 is 5.00. The number of thiocarbonyl (C=S) groups is 1. The van der Waals surface area contributed by atoms with Crippen molar-refractivity contribution in [2.75, 3.05) is 0 Å². The molecule has 0 radical (unpaired) electrons. The Morgan fingerprint density at radius 3 is 2.84 bits per heavy atom. The van der Waals surface area contributed by atoms with E-state index in [4.69, 9.17) is 18.0 Å². The van der Waals surface area contributed by atoms with Gasteiger partial charge in [-0.15, -0.1) is 0 Å². The Morgan fingerprint density at radius 2 is 2.05 bits per heavy atom. The molecular formula is C15H13N3S. The van der Waals surface area contributed by atoms with E-state index in [9.17, 15) is 0 Å². The van der Waals surface area contributed by atoms with Crippen molar-refractivity contribution in [1.82, 2.24) is 9.97 Å². The summed E-state index contributed by atoms with van der Waals surface area (Å²) in [5.74, 6) is 0.832. The highest BCUT2D eigenvalue weighted by Gasteiger charge is 2.06. The SMILES string of the molecule is Cc1ccc2nc(-c3cccc(C(N)=S)c3)[nH]c2c1. The van der Waals surface area contributed by atoms with Crippen LogP contribution in [-0.4, -0.2) is 15.0 Å². The van der Waals surface area contributed by atoms with Crippen molar-refractivity contribution in [1.29, 1.82) is 0 Å². The van der Waals surface area contributed by atoms with Gasteiger partial charge in [0.15, 0.2) is 0 Å². The predicted octanol–water partition coefficient (Wildman–Crippen LogP) is 3.17. The van der Waals surface area contributed by atoms with Crippen LogP contribution in [0.3, 0.4) is 0 Å². The molecule has 3 rings (SSSR count). The van der Waals surface area contributed by atoms with E-state index in [-0.39, 0.29) is 0 Å². The van der Waals surface area contributed by atoms with Gasteiger partial charge >= 0.3 is 0 Å². The zero-order valence-electron chi connectivity index (χ0n) is 10.5. The maximum atomic E-state index is 5.66. The monoisotopic (exact) mass is 267 g/mol. The number of benzene rings is 2. The molecule has 0 aliphatic carbocycles. The second kappa shape index (κ2) is 4.48. The molecule has 0 bridgehead atoms. The average molecular weight is 267 g/mol. The van der Waals surface area contributed by atoms with E-state index in [1.54, 1.807) is 0 Å². The molecule has 4 heteroatoms. The fourth-order valence-electron chi connectivity index (χ4n) is 2.08. The molecule has 0 spiro atoms. The summed E-state index contributed by atoms with van der Waals surface area (Å²) in [6, 6.07) is 13.9. The minimum atomic E-state index is 0.397. The Hall–Kier alpha value is -2.20. The summed E-state index contributed by atoms with van der Waals surface area (Å²) in [4.78, 5) is 8.31. The number of H-pyrrole nitrogens is 1. The fourth-order valence-corrected chi connectivity index (χ4v) is 2.21. The number of aryl methyl sites for hydroxylation is 1. The zero-order chi connectivity index (χ0) is 13.4. The third-order valence-electron chi connectivity index (χ3n) is 3.06. The number of nitrogens with one attached hydrogen (secondary N) is 1. The van der Waals surface area contributed by atoms with E-state index in [1.165, 1.54) is 5.56 Å². The number of rotatable bonds is 2. The predicted molar refractivity (Wildman–Crippen MR) is 82.2 cm³/mol. The van der Waals surface area contributed by atoms with Gasteiger partial charge in [0, 0.05) is 11.1 Å². The van der Waals surface area contributed by atoms with Crippen molar-refractivity contribution in [3.8, 4) is 11.4 Å². The molecule has 0 saturated heterocycles. The van der Waals surface area contributed by atoms with Crippen LogP contribution < -0.4 is 5.73 Å². The first kappa shape index (κ1) is 11.9. The lowest BCUT2D eigenvalue weighted by atomic mass is 10.1. The number of imidazole rings is 1. The number of hydrogen-bond donors (Lipinski definition) is 2. The van der Waals surface area contributed by atoms with Gasteiger partial charge in [-0.05, 0) is 30.7 Å². The van der Waals surface area contributed by atoms with Crippen molar-refractivity contribution in [3.63, 3.8) is 0 Å². The van der Waals surface area contributed by atoms with Crippen LogP contribution in [-0.2, 0) is 0 Å². The van der Waals surface area contributed by atoms with Crippen molar-refractivity contribution >= 4 is 28.2 Å². The van der Waals surface area contributed by atoms with Gasteiger partial charge in [-0.1, -0.05) is 36.5 Å². The minimum Gasteiger partial charge on any atom is -0.389 e. The van der Waals surface area contributed by atoms with Gasteiger partial charge in [0.25, 0.3) is 0 Å². The molecule has 0 unspecified atom stereocenters. The first-order valence-electron chi connectivity index (χ1n) is 6.00. The van der Waals surface area contributed by atoms with Gasteiger partial charge in [0.2, 0.25) is 0 Å². The van der Waals surface area contributed by atoms with Gasteiger partial charge in [0.05, 0.1) is 11.0 Å². The molecule has 1 heterocycles. The van der Waals surface area contributed by atoms with E-state index in [0.717, 1.165) is 28.0 Å². The second-order valence-electron chi connectivity index (χ2n) is 4.55. The first-order chi connectivity index (χ1) is 9.13. The topological polar surface area (TPSA) is 54.7 Å². The van der Waals surface area contributed by atoms with Crippen LogP contribution in [0.4, 0.5) is 0 Å². The fraction of sp³-hybridized carbons (Fsp3) is 0.0667. The van der Waals surface area contributed by atoms with Crippen molar-refractivity contribution in [2.45, 2.75) is 6.92 Å². The van der Waals surface area contributed by atoms with Gasteiger partial charge in [-0.25, -0.2) is 4.98 Å². The van der Waals surface area contributed by atoms with E-state index in [2.05, 4.69) is 29.0 Å². The molecule has 0 saturated carbocycles. The van der Waals surface area contributed by atoms with Crippen LogP contribution in [0.15, 0.2) is 42.5 Å². The maximum absolute atomic E-state index is 5.66. The number of hydrogen-bond acceptors (Lipinski definition) is 2. The molecule has 2 aromatic carbocycles. The van der Waals surface area contributed by atoms with Crippen molar-refractivity contribution in [2.24, 2.45) is 5.73 Å². The summed E-state index contributed by atoms with van der Waals surface area (Å²) in [7, 11) is 0. The maximum Gasteiger partial charge on any atom is 0.138 e. The zero-order valence-corrected chi connectivity index (χ0v) is 11.3. The molecule has 1 aromatic heterocycles. The summed E-state index contributed by atoms with van der Waals surface area (Å²) in [5.41, 5.74) is 10.7. The molecule has 3 nitrogen and oxygen atoms in total. The molecule has 94 valence electrons. The van der Waals surface area contributed by atoms with Crippen molar-refractivity contribution < 1.29 is 0 Å². The van der Waals surface area contributed by atoms with Crippen molar-refractivity contribution in [3.05, 3.63) is 53.6 Å². The standard InChI is InChI=1S/C15H13N3S/c1-9-5-6-12-13(7-9)18-15(17-12)11-4-2-3-10(8-11)14(16)19/h2-8H,1H3,(H2,16,19)(H,17,18). The summed E-state index contributed by atoms with van der Waals surface area (Å²) < 4.78 is 0. The molecule has 3 N–H and O–H groups in total. The van der Waals surface area contributed by atoms with E-state index in [0.29, 0.717) is 4.99 Å². The number of nitrogens with zero attached hydrogens (tertiary/aromatic N) is 1. The van der Waals surface area contributed by atoms with Gasteiger partial charge < -0.3 is 10.7 Å². The number of nitrogens with two attached hydrogens (primary N) is 1. The molecule has 19 heavy (non-hydrogen) atoms. The van der Waals surface area contributed by atoms with E-state index >= 15 is 0 Å². The van der Waals surface area contributed by atoms with Crippen LogP contribution in [0.2, 0.25) is 0 Å². The number of fused-ring (bicyclic) bond motifs is 1. The summed E-state index contributed by atoms with van der Waals surface area (Å²) in [6.45, 7) is 2.06. The molecular weight excluding hydrogens is 254 g/mol. The lowest BCUT2D eigenvalue weighted by Gasteiger charge is -2.00. The Bertz CT molecular complexity index is 774. The molecule has 3 aromatic rings. The quantitative estimate of drug-likeness (QED) is 0.701. The average Bonchev–Trinajstić information content (AvgIpc) is 2.81. The lowest BCUT2D eigenvalue weighted by Crippen LogP contribution is -2.08. The molecule has 0 aliphatic heterocycles. The third-order valence-corrected chi connectivity index (χ3v) is 3.29. The van der Waals surface area contributed by atoms with Crippen LogP contribution in [0.5, 0.6) is 0 Å². The number of aromatic amines is 1. The van der Waals surface area contributed by atoms with Gasteiger partial charge in [-0.2, -0.15) is 0 Å². The molecule has 0 fully saturated rings. The second-order valence-corrected chi connectivity index (χ2v) is 4.99. The first-order valence-corrected chi connectivity index (χ1v) is 6.41. The Labute approximate surface area is 116 Å². The largest absolute Gasteiger partial charge is 0.389 e. The van der Waals surface area contributed by atoms with E-state index in [1.807, 2.05) is 30.3 Å². The smallest absolute Gasteiger partial charge is 0.138 e. The normalized spacial score (nSPS) is 10.8. The Morgan fingerprint density at radius 1 is 1.21 bits per heavy atom. The van der Waals surface area contributed by atoms with E-state index < -0.39 is 0 Å². The van der Waals surface area contributed by atoms with Crippen LogP contribution in [0, 0.1) is 6.92 Å². The lowest BCUT2D eigenvalue weighted by molar-refractivity contribution is 1.33. The molecule has 0 atom stereocenters. The summed E-state index contributed by atoms with van der Waals surface area (Å²) in [5, 5.41) is 0.